The fraction of sp³-hybridized carbons (Fsp3) is 0.294. The smallest absolute Gasteiger partial charge is 0.406 e. The van der Waals surface area contributed by atoms with E-state index in [1.807, 2.05) is 18.2 Å². The predicted octanol–water partition coefficient (Wildman–Crippen LogP) is 5.77. The van der Waals surface area contributed by atoms with Gasteiger partial charge in [-0.15, -0.1) is 13.2 Å². The molecule has 1 unspecified atom stereocenters. The molecule has 2 aromatic rings. The lowest BCUT2D eigenvalue weighted by Crippen LogP contribution is -2.16. The van der Waals surface area contributed by atoms with Crippen molar-refractivity contribution in [1.82, 2.24) is 0 Å². The van der Waals surface area contributed by atoms with Gasteiger partial charge in [0.2, 0.25) is 0 Å². The number of rotatable bonds is 4. The first-order valence-corrected chi connectivity index (χ1v) is 6.86. The second-order valence-electron chi connectivity index (χ2n) is 4.97. The van der Waals surface area contributed by atoms with Gasteiger partial charge in [-0.1, -0.05) is 50.2 Å². The number of ether oxygens (including phenoxy) is 1. The molecule has 0 radical (unpaired) electrons. The van der Waals surface area contributed by atoms with Crippen molar-refractivity contribution in [2.45, 2.75) is 32.5 Å². The largest absolute Gasteiger partial charge is 0.573 e. The number of hydrogen-bond donors (Lipinski definition) is 0. The summed E-state index contributed by atoms with van der Waals surface area (Å²) in [6, 6.07) is 14.0. The lowest BCUT2D eigenvalue weighted by atomic mass is 9.90. The van der Waals surface area contributed by atoms with Crippen molar-refractivity contribution in [3.8, 4) is 16.9 Å². The number of benzene rings is 2. The molecule has 112 valence electrons. The summed E-state index contributed by atoms with van der Waals surface area (Å²) in [6.45, 7) is 4.25. The minimum Gasteiger partial charge on any atom is -0.406 e. The molecule has 0 aliphatic rings. The molecule has 2 aromatic carbocycles. The minimum atomic E-state index is -4.66. The summed E-state index contributed by atoms with van der Waals surface area (Å²) in [5, 5.41) is 0. The van der Waals surface area contributed by atoms with Crippen molar-refractivity contribution >= 4 is 0 Å². The Balaban J connectivity index is 2.31. The van der Waals surface area contributed by atoms with Crippen LogP contribution >= 0.6 is 0 Å². The first-order valence-electron chi connectivity index (χ1n) is 6.86. The highest BCUT2D eigenvalue weighted by Gasteiger charge is 2.30. The van der Waals surface area contributed by atoms with Gasteiger partial charge in [0, 0.05) is 0 Å². The fourth-order valence-corrected chi connectivity index (χ4v) is 2.25. The van der Waals surface area contributed by atoms with Crippen LogP contribution in [0.1, 0.15) is 31.7 Å². The molecular weight excluding hydrogens is 277 g/mol. The SMILES string of the molecule is CCC(C)c1ccccc1-c1ccc(OC(F)(F)F)cc1. The van der Waals surface area contributed by atoms with Crippen LogP contribution in [-0.2, 0) is 0 Å². The predicted molar refractivity (Wildman–Crippen MR) is 77.3 cm³/mol. The Morgan fingerprint density at radius 2 is 1.62 bits per heavy atom. The number of halogens is 3. The molecule has 21 heavy (non-hydrogen) atoms. The molecule has 0 saturated heterocycles. The zero-order valence-electron chi connectivity index (χ0n) is 11.9. The maximum absolute atomic E-state index is 12.2. The van der Waals surface area contributed by atoms with E-state index in [9.17, 15) is 13.2 Å². The highest BCUT2D eigenvalue weighted by atomic mass is 19.4. The van der Waals surface area contributed by atoms with Crippen molar-refractivity contribution in [3.63, 3.8) is 0 Å². The Morgan fingerprint density at radius 3 is 2.19 bits per heavy atom. The third kappa shape index (κ3) is 4.00. The average molecular weight is 294 g/mol. The topological polar surface area (TPSA) is 9.23 Å². The molecule has 0 aliphatic carbocycles. The zero-order chi connectivity index (χ0) is 15.5. The molecule has 0 spiro atoms. The Bertz CT molecular complexity index is 588. The molecule has 0 aromatic heterocycles. The summed E-state index contributed by atoms with van der Waals surface area (Å²) in [7, 11) is 0. The molecule has 1 nitrogen and oxygen atoms in total. The van der Waals surface area contributed by atoms with E-state index in [1.54, 1.807) is 12.1 Å². The van der Waals surface area contributed by atoms with Crippen LogP contribution in [0.25, 0.3) is 11.1 Å². The van der Waals surface area contributed by atoms with Crippen LogP contribution in [0.3, 0.4) is 0 Å². The van der Waals surface area contributed by atoms with Crippen LogP contribution in [0.2, 0.25) is 0 Å². The average Bonchev–Trinajstić information content (AvgIpc) is 2.45. The molecule has 0 N–H and O–H groups in total. The fourth-order valence-electron chi connectivity index (χ4n) is 2.25. The summed E-state index contributed by atoms with van der Waals surface area (Å²) in [4.78, 5) is 0. The van der Waals surface area contributed by atoms with Crippen molar-refractivity contribution in [3.05, 3.63) is 54.1 Å². The molecule has 0 aliphatic heterocycles. The van der Waals surface area contributed by atoms with Crippen molar-refractivity contribution in [1.29, 1.82) is 0 Å². The van der Waals surface area contributed by atoms with E-state index in [0.717, 1.165) is 17.5 Å². The maximum atomic E-state index is 12.2. The van der Waals surface area contributed by atoms with Crippen LogP contribution in [0, 0.1) is 0 Å². The molecule has 1 atom stereocenters. The highest BCUT2D eigenvalue weighted by molar-refractivity contribution is 5.68. The van der Waals surface area contributed by atoms with Crippen LogP contribution in [0.15, 0.2) is 48.5 Å². The van der Waals surface area contributed by atoms with Gasteiger partial charge >= 0.3 is 6.36 Å². The van der Waals surface area contributed by atoms with Crippen molar-refractivity contribution in [2.24, 2.45) is 0 Å². The van der Waals surface area contributed by atoms with Gasteiger partial charge in [-0.05, 0) is 41.2 Å². The van der Waals surface area contributed by atoms with Gasteiger partial charge in [-0.25, -0.2) is 0 Å². The Kier molecular flexibility index (Phi) is 4.56. The van der Waals surface area contributed by atoms with Crippen molar-refractivity contribution < 1.29 is 17.9 Å². The molecule has 0 heterocycles. The van der Waals surface area contributed by atoms with Gasteiger partial charge in [-0.2, -0.15) is 0 Å². The standard InChI is InChI=1S/C17H17F3O/c1-3-12(2)15-6-4-5-7-16(15)13-8-10-14(11-9-13)21-17(18,19)20/h4-12H,3H2,1-2H3. The normalized spacial score (nSPS) is 13.0. The van der Waals surface area contributed by atoms with Crippen LogP contribution in [0.4, 0.5) is 13.2 Å². The summed E-state index contributed by atoms with van der Waals surface area (Å²) in [5.74, 6) is 0.194. The summed E-state index contributed by atoms with van der Waals surface area (Å²) < 4.78 is 40.4. The van der Waals surface area contributed by atoms with E-state index >= 15 is 0 Å². The molecule has 0 bridgehead atoms. The summed E-state index contributed by atoms with van der Waals surface area (Å²) in [5.41, 5.74) is 3.13. The highest BCUT2D eigenvalue weighted by Crippen LogP contribution is 2.32. The van der Waals surface area contributed by atoms with E-state index in [0.29, 0.717) is 5.92 Å². The van der Waals surface area contributed by atoms with Gasteiger partial charge in [0.15, 0.2) is 0 Å². The lowest BCUT2D eigenvalue weighted by molar-refractivity contribution is -0.274. The van der Waals surface area contributed by atoms with Gasteiger partial charge in [0.1, 0.15) is 5.75 Å². The number of alkyl halides is 3. The maximum Gasteiger partial charge on any atom is 0.573 e. The van der Waals surface area contributed by atoms with Crippen LogP contribution in [-0.4, -0.2) is 6.36 Å². The zero-order valence-corrected chi connectivity index (χ0v) is 11.9. The van der Waals surface area contributed by atoms with E-state index in [-0.39, 0.29) is 5.75 Å². The molecule has 2 rings (SSSR count). The second kappa shape index (κ2) is 6.20. The third-order valence-corrected chi connectivity index (χ3v) is 3.50. The molecule has 0 fully saturated rings. The van der Waals surface area contributed by atoms with Crippen LogP contribution in [0.5, 0.6) is 5.75 Å². The number of hydrogen-bond acceptors (Lipinski definition) is 1. The van der Waals surface area contributed by atoms with E-state index in [2.05, 4.69) is 24.7 Å². The first kappa shape index (κ1) is 15.4. The lowest BCUT2D eigenvalue weighted by Gasteiger charge is -2.15. The monoisotopic (exact) mass is 294 g/mol. The quantitative estimate of drug-likeness (QED) is 0.696. The third-order valence-electron chi connectivity index (χ3n) is 3.50. The minimum absolute atomic E-state index is 0.202. The summed E-state index contributed by atoms with van der Waals surface area (Å²) >= 11 is 0. The van der Waals surface area contributed by atoms with E-state index in [1.165, 1.54) is 17.7 Å². The van der Waals surface area contributed by atoms with Gasteiger partial charge in [0.05, 0.1) is 0 Å². The van der Waals surface area contributed by atoms with Gasteiger partial charge < -0.3 is 4.74 Å². The van der Waals surface area contributed by atoms with Crippen molar-refractivity contribution in [2.75, 3.05) is 0 Å². The Labute approximate surface area is 122 Å². The Hall–Kier alpha value is -1.97. The second-order valence-corrected chi connectivity index (χ2v) is 4.97. The van der Waals surface area contributed by atoms with E-state index in [4.69, 9.17) is 0 Å². The van der Waals surface area contributed by atoms with Crippen LogP contribution < -0.4 is 4.74 Å². The molecular formula is C17H17F3O. The first-order chi connectivity index (χ1) is 9.90. The summed E-state index contributed by atoms with van der Waals surface area (Å²) in [6.07, 6.45) is -3.65. The Morgan fingerprint density at radius 1 is 1.00 bits per heavy atom. The van der Waals surface area contributed by atoms with Gasteiger partial charge in [-0.3, -0.25) is 0 Å². The van der Waals surface area contributed by atoms with Gasteiger partial charge in [0.25, 0.3) is 0 Å². The molecule has 0 saturated carbocycles. The molecule has 4 heteroatoms. The van der Waals surface area contributed by atoms with E-state index < -0.39 is 6.36 Å². The molecule has 0 amide bonds.